The topological polar surface area (TPSA) is 50.1 Å². The van der Waals surface area contributed by atoms with Gasteiger partial charge in [-0.05, 0) is 17.7 Å². The van der Waals surface area contributed by atoms with Crippen LogP contribution in [0.4, 0.5) is 0 Å². The second-order valence-corrected chi connectivity index (χ2v) is 3.69. The van der Waals surface area contributed by atoms with E-state index in [-0.39, 0.29) is 11.1 Å². The van der Waals surface area contributed by atoms with Gasteiger partial charge < -0.3 is 4.74 Å². The number of hydrogen-bond acceptors (Lipinski definition) is 3. The van der Waals surface area contributed by atoms with Gasteiger partial charge in [0, 0.05) is 10.4 Å². The van der Waals surface area contributed by atoms with Crippen molar-refractivity contribution in [3.8, 4) is 6.07 Å². The van der Waals surface area contributed by atoms with Crippen LogP contribution in [0.2, 0.25) is 5.02 Å². The van der Waals surface area contributed by atoms with Crippen molar-refractivity contribution in [2.75, 3.05) is 7.11 Å². The summed E-state index contributed by atoms with van der Waals surface area (Å²) >= 11 is 9.14. The molecule has 0 atom stereocenters. The van der Waals surface area contributed by atoms with Crippen molar-refractivity contribution in [1.82, 2.24) is 0 Å². The highest BCUT2D eigenvalue weighted by Crippen LogP contribution is 2.23. The maximum Gasteiger partial charge on any atom is 0.339 e. The van der Waals surface area contributed by atoms with Gasteiger partial charge in [-0.3, -0.25) is 0 Å². The number of carbonyl (C=O) groups is 1. The van der Waals surface area contributed by atoms with E-state index in [9.17, 15) is 4.79 Å². The first-order chi connectivity index (χ1) is 7.13. The Bertz CT molecular complexity index is 440. The number of ether oxygens (including phenoxy) is 1. The zero-order valence-corrected chi connectivity index (χ0v) is 10.2. The second-order valence-electron chi connectivity index (χ2n) is 2.73. The molecule has 78 valence electrons. The van der Waals surface area contributed by atoms with Crippen LogP contribution in [0.15, 0.2) is 12.1 Å². The van der Waals surface area contributed by atoms with Gasteiger partial charge in [-0.2, -0.15) is 5.26 Å². The van der Waals surface area contributed by atoms with Gasteiger partial charge in [-0.15, -0.1) is 0 Å². The van der Waals surface area contributed by atoms with Crippen molar-refractivity contribution < 1.29 is 9.53 Å². The highest BCUT2D eigenvalue weighted by atomic mass is 79.9. The number of benzene rings is 1. The molecule has 0 radical (unpaired) electrons. The average Bonchev–Trinajstić information content (AvgIpc) is 2.27. The Morgan fingerprint density at radius 3 is 2.80 bits per heavy atom. The number of halogens is 2. The maximum absolute atomic E-state index is 11.3. The first-order valence-corrected chi connectivity index (χ1v) is 5.50. The molecule has 5 heteroatoms. The van der Waals surface area contributed by atoms with Gasteiger partial charge in [-0.1, -0.05) is 27.5 Å². The van der Waals surface area contributed by atoms with Gasteiger partial charge in [0.25, 0.3) is 0 Å². The van der Waals surface area contributed by atoms with Crippen LogP contribution in [-0.4, -0.2) is 13.1 Å². The molecule has 0 aromatic heterocycles. The fourth-order valence-corrected chi connectivity index (χ4v) is 1.95. The third kappa shape index (κ3) is 2.49. The predicted molar refractivity (Wildman–Crippen MR) is 60.1 cm³/mol. The summed E-state index contributed by atoms with van der Waals surface area (Å²) in [5, 5.41) is 9.79. The quantitative estimate of drug-likeness (QED) is 0.621. The Kier molecular flexibility index (Phi) is 4.13. The number of alkyl halides is 1. The third-order valence-electron chi connectivity index (χ3n) is 1.86. The van der Waals surface area contributed by atoms with Crippen LogP contribution in [0.5, 0.6) is 0 Å². The second kappa shape index (κ2) is 5.15. The summed E-state index contributed by atoms with van der Waals surface area (Å²) in [7, 11) is 1.27. The molecule has 3 nitrogen and oxygen atoms in total. The lowest BCUT2D eigenvalue weighted by atomic mass is 10.1. The maximum atomic E-state index is 11.3. The molecule has 0 fully saturated rings. The Morgan fingerprint density at radius 2 is 2.33 bits per heavy atom. The summed E-state index contributed by atoms with van der Waals surface area (Å²) < 4.78 is 4.57. The summed E-state index contributed by atoms with van der Waals surface area (Å²) in [6, 6.07) is 4.92. The van der Waals surface area contributed by atoms with Crippen LogP contribution in [0, 0.1) is 11.3 Å². The van der Waals surface area contributed by atoms with Crippen molar-refractivity contribution in [2.45, 2.75) is 5.33 Å². The lowest BCUT2D eigenvalue weighted by molar-refractivity contribution is 0.0600. The monoisotopic (exact) mass is 287 g/mol. The standard InChI is InChI=1S/C10H7BrClNO2/c1-15-10(14)8-2-6(4-11)9(12)3-7(8)5-13/h2-3H,4H2,1H3. The van der Waals surface area contributed by atoms with Crippen molar-refractivity contribution in [1.29, 1.82) is 5.26 Å². The van der Waals surface area contributed by atoms with Gasteiger partial charge >= 0.3 is 5.97 Å². The normalized spacial score (nSPS) is 9.47. The number of carbonyl (C=O) groups excluding carboxylic acids is 1. The molecule has 0 amide bonds. The molecule has 0 saturated heterocycles. The minimum Gasteiger partial charge on any atom is -0.465 e. The average molecular weight is 289 g/mol. The number of rotatable bonds is 2. The Balaban J connectivity index is 3.37. The van der Waals surface area contributed by atoms with Crippen molar-refractivity contribution >= 4 is 33.5 Å². The van der Waals surface area contributed by atoms with Gasteiger partial charge in [0.1, 0.15) is 6.07 Å². The Labute approximate surface area is 101 Å². The molecule has 0 aliphatic carbocycles. The van der Waals surface area contributed by atoms with Crippen molar-refractivity contribution in [3.63, 3.8) is 0 Å². The van der Waals surface area contributed by atoms with E-state index in [0.29, 0.717) is 10.4 Å². The molecule has 1 aromatic rings. The van der Waals surface area contributed by atoms with E-state index in [1.54, 1.807) is 6.07 Å². The van der Waals surface area contributed by atoms with E-state index in [0.717, 1.165) is 5.56 Å². The molecule has 0 N–H and O–H groups in total. The predicted octanol–water partition coefficient (Wildman–Crippen LogP) is 2.89. The van der Waals surface area contributed by atoms with Gasteiger partial charge in [0.2, 0.25) is 0 Å². The lowest BCUT2D eigenvalue weighted by Gasteiger charge is -2.06. The van der Waals surface area contributed by atoms with Crippen LogP contribution in [-0.2, 0) is 10.1 Å². The fraction of sp³-hybridized carbons (Fsp3) is 0.200. The lowest BCUT2D eigenvalue weighted by Crippen LogP contribution is -2.05. The van der Waals surface area contributed by atoms with Crippen LogP contribution in [0.3, 0.4) is 0 Å². The van der Waals surface area contributed by atoms with Gasteiger partial charge in [0.05, 0.1) is 18.2 Å². The number of esters is 1. The molecule has 0 aliphatic rings. The Hall–Kier alpha value is -1.05. The zero-order valence-electron chi connectivity index (χ0n) is 7.88. The third-order valence-corrected chi connectivity index (χ3v) is 2.81. The molecule has 0 heterocycles. The smallest absolute Gasteiger partial charge is 0.339 e. The largest absolute Gasteiger partial charge is 0.465 e. The molecule has 1 rings (SSSR count). The van der Waals surface area contributed by atoms with Crippen molar-refractivity contribution in [2.24, 2.45) is 0 Å². The summed E-state index contributed by atoms with van der Waals surface area (Å²) in [5.41, 5.74) is 1.20. The van der Waals surface area contributed by atoms with E-state index in [4.69, 9.17) is 16.9 Å². The molecular formula is C10H7BrClNO2. The minimum absolute atomic E-state index is 0.219. The van der Waals surface area contributed by atoms with E-state index < -0.39 is 5.97 Å². The van der Waals surface area contributed by atoms with E-state index in [2.05, 4.69) is 20.7 Å². The van der Waals surface area contributed by atoms with Crippen LogP contribution < -0.4 is 0 Å². The molecule has 0 saturated carbocycles. The van der Waals surface area contributed by atoms with E-state index in [1.165, 1.54) is 13.2 Å². The number of hydrogen-bond donors (Lipinski definition) is 0. The molecule has 0 unspecified atom stereocenters. The van der Waals surface area contributed by atoms with E-state index >= 15 is 0 Å². The molecule has 0 spiro atoms. The van der Waals surface area contributed by atoms with Crippen molar-refractivity contribution in [3.05, 3.63) is 33.8 Å². The number of methoxy groups -OCH3 is 1. The first kappa shape index (κ1) is 12.0. The van der Waals surface area contributed by atoms with Crippen LogP contribution >= 0.6 is 27.5 Å². The summed E-state index contributed by atoms with van der Waals surface area (Å²) in [6.45, 7) is 0. The van der Waals surface area contributed by atoms with E-state index in [1.807, 2.05) is 6.07 Å². The molecule has 1 aromatic carbocycles. The Morgan fingerprint density at radius 1 is 1.67 bits per heavy atom. The molecule has 0 bridgehead atoms. The molecule has 0 aliphatic heterocycles. The van der Waals surface area contributed by atoms with Gasteiger partial charge in [-0.25, -0.2) is 4.79 Å². The summed E-state index contributed by atoms with van der Waals surface area (Å²) in [6.07, 6.45) is 0. The highest BCUT2D eigenvalue weighted by molar-refractivity contribution is 9.08. The highest BCUT2D eigenvalue weighted by Gasteiger charge is 2.14. The fourth-order valence-electron chi connectivity index (χ4n) is 1.09. The molecule has 15 heavy (non-hydrogen) atoms. The van der Waals surface area contributed by atoms with Gasteiger partial charge in [0.15, 0.2) is 0 Å². The first-order valence-electron chi connectivity index (χ1n) is 4.00. The van der Waals surface area contributed by atoms with Crippen LogP contribution in [0.1, 0.15) is 21.5 Å². The number of nitriles is 1. The SMILES string of the molecule is COC(=O)c1cc(CBr)c(Cl)cc1C#N. The zero-order chi connectivity index (χ0) is 11.4. The number of nitrogens with zero attached hydrogens (tertiary/aromatic N) is 1. The minimum atomic E-state index is -0.537. The van der Waals surface area contributed by atoms with Crippen LogP contribution in [0.25, 0.3) is 0 Å². The summed E-state index contributed by atoms with van der Waals surface area (Å²) in [5.74, 6) is -0.537. The molecular weight excluding hydrogens is 281 g/mol. The summed E-state index contributed by atoms with van der Waals surface area (Å²) in [4.78, 5) is 11.3.